The standard InChI is InChI=1S/C11H14FNOS/c1-8-6-15(14)7-11(13-8)9-4-2-3-5-10(9)12/h2-5,8,11,13H,6-7H2,1H3. The molecule has 1 aliphatic rings. The molecular formula is C11H14FNOS. The normalized spacial score (nSPS) is 31.5. The van der Waals surface area contributed by atoms with Crippen LogP contribution in [0.4, 0.5) is 4.39 Å². The molecule has 1 saturated heterocycles. The number of benzene rings is 1. The Morgan fingerprint density at radius 2 is 2.13 bits per heavy atom. The Morgan fingerprint density at radius 1 is 1.40 bits per heavy atom. The van der Waals surface area contributed by atoms with E-state index in [1.54, 1.807) is 12.1 Å². The van der Waals surface area contributed by atoms with Crippen LogP contribution in [0.25, 0.3) is 0 Å². The van der Waals surface area contributed by atoms with Crippen LogP contribution in [-0.2, 0) is 10.8 Å². The number of nitrogens with one attached hydrogen (secondary N) is 1. The molecule has 0 aliphatic carbocycles. The minimum Gasteiger partial charge on any atom is -0.306 e. The van der Waals surface area contributed by atoms with Gasteiger partial charge in [-0.25, -0.2) is 4.39 Å². The van der Waals surface area contributed by atoms with E-state index in [2.05, 4.69) is 5.32 Å². The van der Waals surface area contributed by atoms with E-state index in [1.807, 2.05) is 13.0 Å². The molecule has 1 aliphatic heterocycles. The maximum Gasteiger partial charge on any atom is 0.128 e. The summed E-state index contributed by atoms with van der Waals surface area (Å²) in [5.41, 5.74) is 0.623. The zero-order valence-electron chi connectivity index (χ0n) is 8.57. The van der Waals surface area contributed by atoms with Crippen molar-refractivity contribution in [1.29, 1.82) is 0 Å². The molecule has 1 fully saturated rings. The van der Waals surface area contributed by atoms with E-state index >= 15 is 0 Å². The van der Waals surface area contributed by atoms with E-state index in [0.29, 0.717) is 17.1 Å². The van der Waals surface area contributed by atoms with E-state index in [1.165, 1.54) is 6.07 Å². The highest BCUT2D eigenvalue weighted by molar-refractivity contribution is 7.85. The first-order valence-corrected chi connectivity index (χ1v) is 6.51. The molecule has 1 aromatic rings. The van der Waals surface area contributed by atoms with E-state index in [4.69, 9.17) is 0 Å². The molecule has 1 aromatic carbocycles. The number of hydrogen-bond acceptors (Lipinski definition) is 2. The zero-order valence-corrected chi connectivity index (χ0v) is 9.39. The van der Waals surface area contributed by atoms with Crippen molar-refractivity contribution in [1.82, 2.24) is 5.32 Å². The smallest absolute Gasteiger partial charge is 0.128 e. The molecule has 2 rings (SSSR count). The largest absolute Gasteiger partial charge is 0.306 e. The van der Waals surface area contributed by atoms with Gasteiger partial charge in [-0.05, 0) is 13.0 Å². The lowest BCUT2D eigenvalue weighted by molar-refractivity contribution is 0.470. The maximum atomic E-state index is 13.5. The fourth-order valence-corrected chi connectivity index (χ4v) is 3.35. The minimum atomic E-state index is -0.838. The lowest BCUT2D eigenvalue weighted by atomic mass is 10.1. The molecule has 1 N–H and O–H groups in total. The molecule has 0 amide bonds. The summed E-state index contributed by atoms with van der Waals surface area (Å²) >= 11 is 0. The quantitative estimate of drug-likeness (QED) is 0.789. The Balaban J connectivity index is 2.23. The summed E-state index contributed by atoms with van der Waals surface area (Å²) in [6.45, 7) is 1.98. The van der Waals surface area contributed by atoms with Crippen LogP contribution in [-0.4, -0.2) is 21.8 Å². The number of rotatable bonds is 1. The molecule has 0 spiro atoms. The molecule has 15 heavy (non-hydrogen) atoms. The maximum absolute atomic E-state index is 13.5. The molecule has 0 aromatic heterocycles. The Kier molecular flexibility index (Phi) is 3.17. The summed E-state index contributed by atoms with van der Waals surface area (Å²) in [4.78, 5) is 0. The molecule has 3 atom stereocenters. The Morgan fingerprint density at radius 3 is 2.80 bits per heavy atom. The van der Waals surface area contributed by atoms with E-state index in [9.17, 15) is 8.60 Å². The summed E-state index contributed by atoms with van der Waals surface area (Å²) in [5, 5.41) is 3.27. The predicted molar refractivity (Wildman–Crippen MR) is 59.6 cm³/mol. The van der Waals surface area contributed by atoms with Crippen LogP contribution >= 0.6 is 0 Å². The average Bonchev–Trinajstić information content (AvgIpc) is 2.16. The van der Waals surface area contributed by atoms with Crippen LogP contribution in [0.3, 0.4) is 0 Å². The van der Waals surface area contributed by atoms with Gasteiger partial charge in [-0.3, -0.25) is 4.21 Å². The fraction of sp³-hybridized carbons (Fsp3) is 0.455. The highest BCUT2D eigenvalue weighted by Crippen LogP contribution is 2.21. The summed E-state index contributed by atoms with van der Waals surface area (Å²) in [6.07, 6.45) is 0. The van der Waals surface area contributed by atoms with Crippen LogP contribution in [0.5, 0.6) is 0 Å². The fourth-order valence-electron chi connectivity index (χ4n) is 1.91. The lowest BCUT2D eigenvalue weighted by Crippen LogP contribution is -2.43. The van der Waals surface area contributed by atoms with Crippen LogP contribution in [0, 0.1) is 5.82 Å². The molecular weight excluding hydrogens is 213 g/mol. The number of halogens is 1. The first-order valence-electron chi connectivity index (χ1n) is 5.02. The lowest BCUT2D eigenvalue weighted by Gasteiger charge is -2.28. The molecule has 0 bridgehead atoms. The molecule has 3 unspecified atom stereocenters. The van der Waals surface area contributed by atoms with Crippen molar-refractivity contribution < 1.29 is 8.60 Å². The van der Waals surface area contributed by atoms with Gasteiger partial charge in [0.2, 0.25) is 0 Å². The van der Waals surface area contributed by atoms with Gasteiger partial charge in [0.25, 0.3) is 0 Å². The van der Waals surface area contributed by atoms with Crippen LogP contribution in [0.2, 0.25) is 0 Å². The highest BCUT2D eigenvalue weighted by Gasteiger charge is 2.25. The van der Waals surface area contributed by atoms with Gasteiger partial charge in [0, 0.05) is 40.0 Å². The van der Waals surface area contributed by atoms with Crippen LogP contribution < -0.4 is 5.32 Å². The van der Waals surface area contributed by atoms with Crippen molar-refractivity contribution in [3.05, 3.63) is 35.6 Å². The van der Waals surface area contributed by atoms with Crippen molar-refractivity contribution in [2.24, 2.45) is 0 Å². The Labute approximate surface area is 91.3 Å². The van der Waals surface area contributed by atoms with Gasteiger partial charge < -0.3 is 5.32 Å². The topological polar surface area (TPSA) is 29.1 Å². The molecule has 2 nitrogen and oxygen atoms in total. The second kappa shape index (κ2) is 4.41. The van der Waals surface area contributed by atoms with E-state index in [-0.39, 0.29) is 17.9 Å². The van der Waals surface area contributed by atoms with Gasteiger partial charge >= 0.3 is 0 Å². The second-order valence-corrected chi connectivity index (χ2v) is 5.46. The van der Waals surface area contributed by atoms with Gasteiger partial charge in [-0.2, -0.15) is 0 Å². The SMILES string of the molecule is CC1CS(=O)CC(c2ccccc2F)N1. The van der Waals surface area contributed by atoms with Crippen molar-refractivity contribution in [3.8, 4) is 0 Å². The van der Waals surface area contributed by atoms with Gasteiger partial charge in [0.15, 0.2) is 0 Å². The molecule has 1 heterocycles. The molecule has 0 saturated carbocycles. The first-order chi connectivity index (χ1) is 7.16. The third-order valence-corrected chi connectivity index (χ3v) is 4.13. The highest BCUT2D eigenvalue weighted by atomic mass is 32.2. The van der Waals surface area contributed by atoms with Gasteiger partial charge in [-0.1, -0.05) is 18.2 Å². The van der Waals surface area contributed by atoms with Crippen molar-refractivity contribution in [2.45, 2.75) is 19.0 Å². The monoisotopic (exact) mass is 227 g/mol. The van der Waals surface area contributed by atoms with Crippen LogP contribution in [0.1, 0.15) is 18.5 Å². The predicted octanol–water partition coefficient (Wildman–Crippen LogP) is 1.61. The van der Waals surface area contributed by atoms with Gasteiger partial charge in [0.05, 0.1) is 0 Å². The summed E-state index contributed by atoms with van der Waals surface area (Å²) in [6, 6.07) is 6.74. The minimum absolute atomic E-state index is 0.115. The number of hydrogen-bond donors (Lipinski definition) is 1. The van der Waals surface area contributed by atoms with Gasteiger partial charge in [-0.15, -0.1) is 0 Å². The summed E-state index contributed by atoms with van der Waals surface area (Å²) < 4.78 is 25.0. The summed E-state index contributed by atoms with van der Waals surface area (Å²) in [7, 11) is -0.838. The van der Waals surface area contributed by atoms with E-state index < -0.39 is 10.8 Å². The van der Waals surface area contributed by atoms with Crippen LogP contribution in [0.15, 0.2) is 24.3 Å². The summed E-state index contributed by atoms with van der Waals surface area (Å²) in [5.74, 6) is 0.942. The first kappa shape index (κ1) is 10.8. The third kappa shape index (κ3) is 2.44. The average molecular weight is 227 g/mol. The van der Waals surface area contributed by atoms with Gasteiger partial charge in [0.1, 0.15) is 5.82 Å². The second-order valence-electron chi connectivity index (χ2n) is 3.91. The van der Waals surface area contributed by atoms with Crippen molar-refractivity contribution in [3.63, 3.8) is 0 Å². The zero-order chi connectivity index (χ0) is 10.8. The molecule has 82 valence electrons. The Bertz CT molecular complexity index is 383. The Hall–Kier alpha value is -0.740. The van der Waals surface area contributed by atoms with E-state index in [0.717, 1.165) is 0 Å². The molecule has 4 heteroatoms. The molecule has 0 radical (unpaired) electrons. The van der Waals surface area contributed by atoms with Crippen molar-refractivity contribution >= 4 is 10.8 Å². The third-order valence-electron chi connectivity index (χ3n) is 2.55. The van der Waals surface area contributed by atoms with Crippen molar-refractivity contribution in [2.75, 3.05) is 11.5 Å².